The van der Waals surface area contributed by atoms with E-state index in [-0.39, 0.29) is 5.82 Å². The Morgan fingerprint density at radius 2 is 2.17 bits per heavy atom. The highest BCUT2D eigenvalue weighted by atomic mass is 19.1. The second-order valence-electron chi connectivity index (χ2n) is 5.53. The lowest BCUT2D eigenvalue weighted by molar-refractivity contribution is 0.432. The Hall–Kier alpha value is -0.890. The predicted octanol–water partition coefficient (Wildman–Crippen LogP) is 3.84. The van der Waals surface area contributed by atoms with Crippen LogP contribution in [0.15, 0.2) is 18.2 Å². The van der Waals surface area contributed by atoms with Gasteiger partial charge in [-0.15, -0.1) is 0 Å². The van der Waals surface area contributed by atoms with E-state index in [4.69, 9.17) is 0 Å². The van der Waals surface area contributed by atoms with Gasteiger partial charge in [-0.3, -0.25) is 0 Å². The van der Waals surface area contributed by atoms with E-state index in [0.29, 0.717) is 6.04 Å². The van der Waals surface area contributed by atoms with Gasteiger partial charge in [-0.1, -0.05) is 24.6 Å². The molecule has 1 aromatic carbocycles. The molecule has 1 unspecified atom stereocenters. The minimum absolute atomic E-state index is 0.0503. The van der Waals surface area contributed by atoms with Crippen molar-refractivity contribution in [2.24, 2.45) is 5.92 Å². The van der Waals surface area contributed by atoms with Crippen molar-refractivity contribution in [1.82, 2.24) is 5.32 Å². The van der Waals surface area contributed by atoms with Gasteiger partial charge in [0.25, 0.3) is 0 Å². The zero-order valence-electron chi connectivity index (χ0n) is 11.5. The first-order chi connectivity index (χ1) is 8.70. The Morgan fingerprint density at radius 3 is 2.83 bits per heavy atom. The third-order valence-electron chi connectivity index (χ3n) is 3.77. The maximum atomic E-state index is 13.7. The molecule has 1 aliphatic carbocycles. The van der Waals surface area contributed by atoms with E-state index >= 15 is 0 Å². The number of benzene rings is 1. The van der Waals surface area contributed by atoms with Gasteiger partial charge in [0, 0.05) is 6.04 Å². The summed E-state index contributed by atoms with van der Waals surface area (Å²) in [6.45, 7) is 5.30. The normalized spacial score (nSPS) is 16.8. The Kier molecular flexibility index (Phi) is 4.76. The highest BCUT2D eigenvalue weighted by Crippen LogP contribution is 2.34. The maximum absolute atomic E-state index is 13.7. The van der Waals surface area contributed by atoms with Crippen molar-refractivity contribution in [2.75, 3.05) is 6.54 Å². The number of rotatable bonds is 7. The molecule has 0 heterocycles. The zero-order valence-corrected chi connectivity index (χ0v) is 11.5. The molecular formula is C16H24FN. The molecular weight excluding hydrogens is 225 g/mol. The fraction of sp³-hybridized carbons (Fsp3) is 0.625. The van der Waals surface area contributed by atoms with Crippen LogP contribution in [0.1, 0.15) is 43.7 Å². The minimum atomic E-state index is -0.0503. The average Bonchev–Trinajstić information content (AvgIpc) is 3.17. The monoisotopic (exact) mass is 249 g/mol. The van der Waals surface area contributed by atoms with Gasteiger partial charge < -0.3 is 5.32 Å². The Bertz CT molecular complexity index is 385. The van der Waals surface area contributed by atoms with Crippen LogP contribution in [0.25, 0.3) is 0 Å². The van der Waals surface area contributed by atoms with Gasteiger partial charge in [-0.2, -0.15) is 0 Å². The van der Waals surface area contributed by atoms with E-state index in [2.05, 4.69) is 12.2 Å². The molecule has 2 rings (SSSR count). The van der Waals surface area contributed by atoms with Gasteiger partial charge in [0.2, 0.25) is 0 Å². The molecule has 0 amide bonds. The molecule has 1 saturated carbocycles. The van der Waals surface area contributed by atoms with Crippen LogP contribution in [0.3, 0.4) is 0 Å². The molecule has 0 bridgehead atoms. The third-order valence-corrected chi connectivity index (χ3v) is 3.77. The molecule has 0 aromatic heterocycles. The number of hydrogen-bond acceptors (Lipinski definition) is 1. The van der Waals surface area contributed by atoms with Crippen molar-refractivity contribution >= 4 is 0 Å². The van der Waals surface area contributed by atoms with Gasteiger partial charge in [-0.05, 0) is 63.1 Å². The summed E-state index contributed by atoms with van der Waals surface area (Å²) in [5.74, 6) is 0.787. The molecule has 0 spiro atoms. The molecule has 0 radical (unpaired) electrons. The zero-order chi connectivity index (χ0) is 13.0. The van der Waals surface area contributed by atoms with E-state index in [9.17, 15) is 4.39 Å². The van der Waals surface area contributed by atoms with Gasteiger partial charge in [0.1, 0.15) is 5.82 Å². The smallest absolute Gasteiger partial charge is 0.126 e. The minimum Gasteiger partial charge on any atom is -0.314 e. The highest BCUT2D eigenvalue weighted by molar-refractivity contribution is 5.24. The van der Waals surface area contributed by atoms with Crippen LogP contribution in [0, 0.1) is 18.7 Å². The Morgan fingerprint density at radius 1 is 1.39 bits per heavy atom. The summed E-state index contributed by atoms with van der Waals surface area (Å²) < 4.78 is 13.7. The van der Waals surface area contributed by atoms with Crippen LogP contribution >= 0.6 is 0 Å². The van der Waals surface area contributed by atoms with E-state index < -0.39 is 0 Å². The van der Waals surface area contributed by atoms with Gasteiger partial charge >= 0.3 is 0 Å². The second-order valence-corrected chi connectivity index (χ2v) is 5.53. The lowest BCUT2D eigenvalue weighted by Gasteiger charge is -2.18. The summed E-state index contributed by atoms with van der Waals surface area (Å²) in [6.07, 6.45) is 5.77. The van der Waals surface area contributed by atoms with Crippen LogP contribution < -0.4 is 5.32 Å². The third kappa shape index (κ3) is 3.81. The summed E-state index contributed by atoms with van der Waals surface area (Å²) in [7, 11) is 0. The van der Waals surface area contributed by atoms with Crippen LogP contribution in [-0.2, 0) is 6.42 Å². The van der Waals surface area contributed by atoms with Crippen molar-refractivity contribution in [2.45, 2.75) is 52.0 Å². The van der Waals surface area contributed by atoms with Crippen molar-refractivity contribution in [3.8, 4) is 0 Å². The standard InChI is InChI=1S/C16H24FN/c1-3-10-18-16(13-5-6-13)9-7-14-11-12(2)4-8-15(14)17/h4,8,11,13,16,18H,3,5-7,9-10H2,1-2H3. The van der Waals surface area contributed by atoms with Crippen molar-refractivity contribution in [3.05, 3.63) is 35.1 Å². The fourth-order valence-corrected chi connectivity index (χ4v) is 2.54. The van der Waals surface area contributed by atoms with Crippen LogP contribution in [-0.4, -0.2) is 12.6 Å². The summed E-state index contributed by atoms with van der Waals surface area (Å²) in [4.78, 5) is 0. The molecule has 100 valence electrons. The molecule has 0 saturated heterocycles. The van der Waals surface area contributed by atoms with E-state index in [1.807, 2.05) is 19.1 Å². The summed E-state index contributed by atoms with van der Waals surface area (Å²) in [6, 6.07) is 6.01. The van der Waals surface area contributed by atoms with Crippen LogP contribution in [0.4, 0.5) is 4.39 Å². The number of hydrogen-bond donors (Lipinski definition) is 1. The quantitative estimate of drug-likeness (QED) is 0.774. The van der Waals surface area contributed by atoms with Gasteiger partial charge in [-0.25, -0.2) is 4.39 Å². The second kappa shape index (κ2) is 6.33. The Balaban J connectivity index is 1.89. The molecule has 2 heteroatoms. The lowest BCUT2D eigenvalue weighted by atomic mass is 10.00. The topological polar surface area (TPSA) is 12.0 Å². The molecule has 0 aliphatic heterocycles. The first-order valence-electron chi connectivity index (χ1n) is 7.19. The molecule has 1 aliphatic rings. The van der Waals surface area contributed by atoms with Crippen molar-refractivity contribution in [3.63, 3.8) is 0 Å². The van der Waals surface area contributed by atoms with E-state index in [1.54, 1.807) is 6.07 Å². The number of halogens is 1. The predicted molar refractivity (Wildman–Crippen MR) is 74.3 cm³/mol. The largest absolute Gasteiger partial charge is 0.314 e. The van der Waals surface area contributed by atoms with Crippen LogP contribution in [0.5, 0.6) is 0 Å². The Labute approximate surface area is 110 Å². The molecule has 1 fully saturated rings. The van der Waals surface area contributed by atoms with E-state index in [1.165, 1.54) is 19.3 Å². The van der Waals surface area contributed by atoms with Crippen LogP contribution in [0.2, 0.25) is 0 Å². The summed E-state index contributed by atoms with van der Waals surface area (Å²) >= 11 is 0. The highest BCUT2D eigenvalue weighted by Gasteiger charge is 2.30. The van der Waals surface area contributed by atoms with Crippen molar-refractivity contribution < 1.29 is 4.39 Å². The molecule has 18 heavy (non-hydrogen) atoms. The van der Waals surface area contributed by atoms with Gasteiger partial charge in [0.05, 0.1) is 0 Å². The maximum Gasteiger partial charge on any atom is 0.126 e. The first kappa shape index (κ1) is 13.5. The van der Waals surface area contributed by atoms with Crippen molar-refractivity contribution in [1.29, 1.82) is 0 Å². The lowest BCUT2D eigenvalue weighted by Crippen LogP contribution is -2.32. The molecule has 1 nitrogen and oxygen atoms in total. The first-order valence-corrected chi connectivity index (χ1v) is 7.19. The molecule has 1 aromatic rings. The average molecular weight is 249 g/mol. The SMILES string of the molecule is CCCNC(CCc1cc(C)ccc1F)C1CC1. The number of aryl methyl sites for hydroxylation is 2. The van der Waals surface area contributed by atoms with Gasteiger partial charge in [0.15, 0.2) is 0 Å². The summed E-state index contributed by atoms with van der Waals surface area (Å²) in [5, 5.41) is 3.61. The van der Waals surface area contributed by atoms with E-state index in [0.717, 1.165) is 36.4 Å². The molecule has 1 atom stereocenters. The summed E-state index contributed by atoms with van der Waals surface area (Å²) in [5.41, 5.74) is 2.02. The fourth-order valence-electron chi connectivity index (χ4n) is 2.54. The number of nitrogens with one attached hydrogen (secondary N) is 1. The molecule has 1 N–H and O–H groups in total.